The Bertz CT molecular complexity index is 500. The summed E-state index contributed by atoms with van der Waals surface area (Å²) in [6, 6.07) is 0.255. The Kier molecular flexibility index (Phi) is 5.56. The third-order valence-corrected chi connectivity index (χ3v) is 4.42. The number of rotatable bonds is 5. The molecule has 7 heteroatoms. The Hall–Kier alpha value is -0.920. The van der Waals surface area contributed by atoms with Crippen molar-refractivity contribution in [3.8, 4) is 0 Å². The number of nitrogens with one attached hydrogen (secondary N) is 1. The zero-order chi connectivity index (χ0) is 14.5. The van der Waals surface area contributed by atoms with Gasteiger partial charge < -0.3 is 15.2 Å². The van der Waals surface area contributed by atoms with Gasteiger partial charge in [-0.05, 0) is 41.6 Å². The van der Waals surface area contributed by atoms with Gasteiger partial charge in [0.1, 0.15) is 4.47 Å². The fourth-order valence-corrected chi connectivity index (χ4v) is 2.82. The van der Waals surface area contributed by atoms with Crippen LogP contribution in [0.1, 0.15) is 19.8 Å². The molecule has 1 unspecified atom stereocenters. The van der Waals surface area contributed by atoms with E-state index < -0.39 is 0 Å². The van der Waals surface area contributed by atoms with Crippen molar-refractivity contribution in [1.29, 1.82) is 0 Å². The molecule has 1 aliphatic heterocycles. The van der Waals surface area contributed by atoms with Crippen LogP contribution in [0.4, 0.5) is 5.69 Å². The molecule has 0 aliphatic carbocycles. The van der Waals surface area contributed by atoms with E-state index in [2.05, 4.69) is 33.3 Å². The highest BCUT2D eigenvalue weighted by Gasteiger charge is 2.21. The van der Waals surface area contributed by atoms with Crippen molar-refractivity contribution in [2.24, 2.45) is 5.92 Å². The monoisotopic (exact) mass is 345 g/mol. The molecule has 0 saturated carbocycles. The quantitative estimate of drug-likeness (QED) is 0.839. The minimum absolute atomic E-state index is 0.107. The van der Waals surface area contributed by atoms with Gasteiger partial charge in [0, 0.05) is 19.3 Å². The van der Waals surface area contributed by atoms with Crippen LogP contribution < -0.4 is 10.9 Å². The average Bonchev–Trinajstić information content (AvgIpc) is 2.48. The lowest BCUT2D eigenvalue weighted by molar-refractivity contribution is 0.0622. The third-order valence-electron chi connectivity index (χ3n) is 3.65. The maximum Gasteiger partial charge on any atom is 0.283 e. The van der Waals surface area contributed by atoms with Gasteiger partial charge in [0.15, 0.2) is 0 Å². The Morgan fingerprint density at radius 3 is 2.95 bits per heavy atom. The molecule has 20 heavy (non-hydrogen) atoms. The smallest absolute Gasteiger partial charge is 0.283 e. The molecular weight excluding hydrogens is 326 g/mol. The Morgan fingerprint density at radius 1 is 1.60 bits per heavy atom. The maximum atomic E-state index is 12.0. The van der Waals surface area contributed by atoms with Crippen molar-refractivity contribution in [3.05, 3.63) is 21.0 Å². The molecule has 2 rings (SSSR count). The topological polar surface area (TPSA) is 76.4 Å². The molecule has 0 aromatic carbocycles. The zero-order valence-electron chi connectivity index (χ0n) is 11.5. The highest BCUT2D eigenvalue weighted by Crippen LogP contribution is 2.24. The van der Waals surface area contributed by atoms with Crippen molar-refractivity contribution in [2.45, 2.75) is 32.4 Å². The van der Waals surface area contributed by atoms with Crippen LogP contribution in [0.2, 0.25) is 0 Å². The lowest BCUT2D eigenvalue weighted by atomic mass is 9.93. The lowest BCUT2D eigenvalue weighted by Crippen LogP contribution is -2.32. The van der Waals surface area contributed by atoms with Gasteiger partial charge in [0.2, 0.25) is 0 Å². The Morgan fingerprint density at radius 2 is 2.30 bits per heavy atom. The number of aliphatic hydroxyl groups excluding tert-OH is 1. The molecule has 1 aliphatic rings. The molecule has 1 saturated heterocycles. The minimum Gasteiger partial charge on any atom is -0.394 e. The largest absolute Gasteiger partial charge is 0.394 e. The summed E-state index contributed by atoms with van der Waals surface area (Å²) < 4.78 is 7.06. The number of aliphatic hydroxyl groups is 1. The van der Waals surface area contributed by atoms with Crippen molar-refractivity contribution in [2.75, 3.05) is 25.1 Å². The van der Waals surface area contributed by atoms with Gasteiger partial charge in [0.05, 0.1) is 25.0 Å². The van der Waals surface area contributed by atoms with Gasteiger partial charge in [-0.15, -0.1) is 0 Å². The van der Waals surface area contributed by atoms with E-state index in [9.17, 15) is 4.79 Å². The number of aromatic nitrogens is 2. The van der Waals surface area contributed by atoms with E-state index in [0.717, 1.165) is 26.1 Å². The predicted octanol–water partition coefficient (Wildman–Crippen LogP) is 1.23. The molecule has 1 aromatic rings. The standard InChI is InChI=1S/C13H20BrN3O3/c1-9(10-2-6-20-7-3-10)16-11-8-15-17(4-5-18)13(19)12(11)14/h8-10,16,18H,2-7H2,1H3. The van der Waals surface area contributed by atoms with Crippen LogP contribution >= 0.6 is 15.9 Å². The number of nitrogens with zero attached hydrogens (tertiary/aromatic N) is 2. The zero-order valence-corrected chi connectivity index (χ0v) is 13.1. The third kappa shape index (κ3) is 3.59. The van der Waals surface area contributed by atoms with Crippen LogP contribution in [0.25, 0.3) is 0 Å². The van der Waals surface area contributed by atoms with Gasteiger partial charge in [-0.1, -0.05) is 0 Å². The second kappa shape index (κ2) is 7.19. The first kappa shape index (κ1) is 15.5. The average molecular weight is 346 g/mol. The Balaban J connectivity index is 2.09. The second-order valence-electron chi connectivity index (χ2n) is 5.01. The fourth-order valence-electron chi connectivity index (χ4n) is 2.40. The van der Waals surface area contributed by atoms with E-state index in [1.165, 1.54) is 4.68 Å². The first-order valence-electron chi connectivity index (χ1n) is 6.84. The van der Waals surface area contributed by atoms with E-state index in [-0.39, 0.29) is 24.8 Å². The van der Waals surface area contributed by atoms with Crippen LogP contribution in [0.5, 0.6) is 0 Å². The van der Waals surface area contributed by atoms with Crippen LogP contribution in [0.15, 0.2) is 15.5 Å². The highest BCUT2D eigenvalue weighted by atomic mass is 79.9. The number of halogens is 1. The summed E-state index contributed by atoms with van der Waals surface area (Å²) >= 11 is 3.31. The van der Waals surface area contributed by atoms with Gasteiger partial charge in [-0.3, -0.25) is 4.79 Å². The van der Waals surface area contributed by atoms with E-state index >= 15 is 0 Å². The summed E-state index contributed by atoms with van der Waals surface area (Å²) in [6.45, 7) is 3.81. The van der Waals surface area contributed by atoms with Crippen molar-refractivity contribution in [1.82, 2.24) is 9.78 Å². The molecule has 6 nitrogen and oxygen atoms in total. The van der Waals surface area contributed by atoms with Crippen LogP contribution in [-0.2, 0) is 11.3 Å². The van der Waals surface area contributed by atoms with Crippen LogP contribution in [-0.4, -0.2) is 40.7 Å². The first-order valence-corrected chi connectivity index (χ1v) is 7.63. The second-order valence-corrected chi connectivity index (χ2v) is 5.80. The molecule has 1 fully saturated rings. The van der Waals surface area contributed by atoms with E-state index in [1.54, 1.807) is 6.20 Å². The molecule has 2 heterocycles. The van der Waals surface area contributed by atoms with Gasteiger partial charge in [-0.2, -0.15) is 5.10 Å². The minimum atomic E-state index is -0.233. The van der Waals surface area contributed by atoms with E-state index in [4.69, 9.17) is 9.84 Å². The van der Waals surface area contributed by atoms with E-state index in [0.29, 0.717) is 16.1 Å². The number of hydrogen-bond donors (Lipinski definition) is 2. The summed E-state index contributed by atoms with van der Waals surface area (Å²) in [6.07, 6.45) is 3.68. The molecule has 0 radical (unpaired) electrons. The van der Waals surface area contributed by atoms with Crippen molar-refractivity contribution >= 4 is 21.6 Å². The molecule has 2 N–H and O–H groups in total. The summed E-state index contributed by atoms with van der Waals surface area (Å²) in [5.41, 5.74) is 0.464. The Labute approximate surface area is 126 Å². The highest BCUT2D eigenvalue weighted by molar-refractivity contribution is 9.10. The normalized spacial score (nSPS) is 17.9. The van der Waals surface area contributed by atoms with Crippen molar-refractivity contribution in [3.63, 3.8) is 0 Å². The summed E-state index contributed by atoms with van der Waals surface area (Å²) in [4.78, 5) is 12.0. The first-order chi connectivity index (χ1) is 9.63. The van der Waals surface area contributed by atoms with E-state index in [1.807, 2.05) is 0 Å². The summed E-state index contributed by atoms with van der Waals surface area (Å²) in [5.74, 6) is 0.538. The molecule has 0 amide bonds. The van der Waals surface area contributed by atoms with Gasteiger partial charge in [0.25, 0.3) is 5.56 Å². The molecule has 1 atom stereocenters. The number of hydrogen-bond acceptors (Lipinski definition) is 5. The van der Waals surface area contributed by atoms with Crippen LogP contribution in [0.3, 0.4) is 0 Å². The number of anilines is 1. The molecule has 112 valence electrons. The molecule has 1 aromatic heterocycles. The molecule has 0 spiro atoms. The van der Waals surface area contributed by atoms with Gasteiger partial charge >= 0.3 is 0 Å². The summed E-state index contributed by atoms with van der Waals surface area (Å²) in [7, 11) is 0. The lowest BCUT2D eigenvalue weighted by Gasteiger charge is -2.29. The molecular formula is C13H20BrN3O3. The molecule has 0 bridgehead atoms. The van der Waals surface area contributed by atoms with Crippen molar-refractivity contribution < 1.29 is 9.84 Å². The number of ether oxygens (including phenoxy) is 1. The SMILES string of the molecule is CC(Nc1cnn(CCO)c(=O)c1Br)C1CCOCC1. The van der Waals surface area contributed by atoms with Crippen LogP contribution in [0, 0.1) is 5.92 Å². The maximum absolute atomic E-state index is 12.0. The predicted molar refractivity (Wildman–Crippen MR) is 79.9 cm³/mol. The summed E-state index contributed by atoms with van der Waals surface area (Å²) in [5, 5.41) is 16.3. The fraction of sp³-hybridized carbons (Fsp3) is 0.692. The van der Waals surface area contributed by atoms with Gasteiger partial charge in [-0.25, -0.2) is 4.68 Å².